The van der Waals surface area contributed by atoms with Crippen molar-refractivity contribution < 1.29 is 9.90 Å². The summed E-state index contributed by atoms with van der Waals surface area (Å²) in [5.74, 6) is -0.583. The van der Waals surface area contributed by atoms with E-state index in [-0.39, 0.29) is 6.42 Å². The summed E-state index contributed by atoms with van der Waals surface area (Å²) in [6, 6.07) is 3.75. The molecule has 0 aromatic carbocycles. The van der Waals surface area contributed by atoms with Crippen LogP contribution in [0.1, 0.15) is 11.4 Å². The molecule has 5 heteroatoms. The highest BCUT2D eigenvalue weighted by atomic mass is 16.4. The quantitative estimate of drug-likeness (QED) is 0.757. The van der Waals surface area contributed by atoms with Crippen LogP contribution in [0.3, 0.4) is 0 Å². The standard InChI is InChI=1S/C9H9N3O2/c1-6-2-3-12-8(4-6)10-7(11-12)5-9(13)14/h2-4H,5H2,1H3,(H,13,14). The van der Waals surface area contributed by atoms with Gasteiger partial charge in [0.25, 0.3) is 0 Å². The number of hydrogen-bond donors (Lipinski definition) is 1. The highest BCUT2D eigenvalue weighted by Gasteiger charge is 2.07. The molecule has 1 N–H and O–H groups in total. The van der Waals surface area contributed by atoms with Crippen LogP contribution in [0, 0.1) is 6.92 Å². The average Bonchev–Trinajstić information content (AvgIpc) is 2.44. The minimum Gasteiger partial charge on any atom is -0.481 e. The van der Waals surface area contributed by atoms with Crippen LogP contribution in [0.2, 0.25) is 0 Å². The van der Waals surface area contributed by atoms with E-state index in [1.165, 1.54) is 0 Å². The fourth-order valence-corrected chi connectivity index (χ4v) is 1.24. The lowest BCUT2D eigenvalue weighted by Crippen LogP contribution is -2.01. The fourth-order valence-electron chi connectivity index (χ4n) is 1.24. The lowest BCUT2D eigenvalue weighted by molar-refractivity contribution is -0.136. The largest absolute Gasteiger partial charge is 0.481 e. The summed E-state index contributed by atoms with van der Waals surface area (Å²) in [4.78, 5) is 14.5. The summed E-state index contributed by atoms with van der Waals surface area (Å²) in [6.45, 7) is 1.95. The second kappa shape index (κ2) is 3.10. The van der Waals surface area contributed by atoms with E-state index in [1.54, 1.807) is 10.7 Å². The summed E-state index contributed by atoms with van der Waals surface area (Å²) in [6.07, 6.45) is 1.63. The maximum Gasteiger partial charge on any atom is 0.311 e. The number of aromatic nitrogens is 3. The molecule has 0 saturated heterocycles. The van der Waals surface area contributed by atoms with Crippen LogP contribution in [0.4, 0.5) is 0 Å². The van der Waals surface area contributed by atoms with Gasteiger partial charge in [-0.2, -0.15) is 5.10 Å². The first-order valence-corrected chi connectivity index (χ1v) is 4.19. The van der Waals surface area contributed by atoms with Crippen molar-refractivity contribution in [2.24, 2.45) is 0 Å². The number of hydrogen-bond acceptors (Lipinski definition) is 3. The van der Waals surface area contributed by atoms with Gasteiger partial charge in [0.1, 0.15) is 6.42 Å². The molecule has 0 amide bonds. The highest BCUT2D eigenvalue weighted by molar-refractivity contribution is 5.69. The molecule has 14 heavy (non-hydrogen) atoms. The zero-order valence-corrected chi connectivity index (χ0v) is 7.64. The first-order valence-electron chi connectivity index (χ1n) is 4.19. The molecule has 0 fully saturated rings. The van der Waals surface area contributed by atoms with E-state index >= 15 is 0 Å². The Kier molecular flexibility index (Phi) is 1.92. The lowest BCUT2D eigenvalue weighted by atomic mass is 10.3. The molecule has 2 aromatic rings. The van der Waals surface area contributed by atoms with Crippen molar-refractivity contribution in [3.8, 4) is 0 Å². The van der Waals surface area contributed by atoms with Gasteiger partial charge in [-0.05, 0) is 24.6 Å². The van der Waals surface area contributed by atoms with Gasteiger partial charge in [-0.15, -0.1) is 0 Å². The van der Waals surface area contributed by atoms with E-state index in [1.807, 2.05) is 19.1 Å². The minimum atomic E-state index is -0.919. The van der Waals surface area contributed by atoms with Gasteiger partial charge in [-0.3, -0.25) is 4.79 Å². The molecule has 0 atom stereocenters. The van der Waals surface area contributed by atoms with Crippen LogP contribution in [0.25, 0.3) is 5.65 Å². The van der Waals surface area contributed by atoms with Crippen LogP contribution in [-0.2, 0) is 11.2 Å². The number of aryl methyl sites for hydroxylation is 1. The smallest absolute Gasteiger partial charge is 0.311 e. The summed E-state index contributed by atoms with van der Waals surface area (Å²) in [7, 11) is 0. The van der Waals surface area contributed by atoms with E-state index < -0.39 is 5.97 Å². The molecule has 0 saturated carbocycles. The number of pyridine rings is 1. The average molecular weight is 191 g/mol. The molecular weight excluding hydrogens is 182 g/mol. The van der Waals surface area contributed by atoms with Gasteiger partial charge in [0, 0.05) is 6.20 Å². The molecule has 5 nitrogen and oxygen atoms in total. The van der Waals surface area contributed by atoms with Gasteiger partial charge in [-0.25, -0.2) is 9.50 Å². The van der Waals surface area contributed by atoms with Crippen molar-refractivity contribution in [3.63, 3.8) is 0 Å². The van der Waals surface area contributed by atoms with Crippen LogP contribution < -0.4 is 0 Å². The van der Waals surface area contributed by atoms with Crippen LogP contribution in [0.5, 0.6) is 0 Å². The number of carbonyl (C=O) groups is 1. The molecule has 0 unspecified atom stereocenters. The maximum atomic E-state index is 10.4. The van der Waals surface area contributed by atoms with Crippen molar-refractivity contribution in [1.29, 1.82) is 0 Å². The van der Waals surface area contributed by atoms with Crippen molar-refractivity contribution in [1.82, 2.24) is 14.6 Å². The molecular formula is C9H9N3O2. The molecule has 0 spiro atoms. The predicted octanol–water partition coefficient (Wildman–Crippen LogP) is 0.665. The van der Waals surface area contributed by atoms with Gasteiger partial charge < -0.3 is 5.11 Å². The number of nitrogens with zero attached hydrogens (tertiary/aromatic N) is 3. The van der Waals surface area contributed by atoms with E-state index in [9.17, 15) is 4.79 Å². The topological polar surface area (TPSA) is 67.5 Å². The maximum absolute atomic E-state index is 10.4. The minimum absolute atomic E-state index is 0.138. The Morgan fingerprint density at radius 3 is 3.14 bits per heavy atom. The third-order valence-corrected chi connectivity index (χ3v) is 1.85. The Hall–Kier alpha value is -1.91. The molecule has 0 bridgehead atoms. The molecule has 2 aromatic heterocycles. The molecule has 0 aliphatic heterocycles. The Morgan fingerprint density at radius 1 is 1.64 bits per heavy atom. The van der Waals surface area contributed by atoms with Crippen molar-refractivity contribution in [2.75, 3.05) is 0 Å². The van der Waals surface area contributed by atoms with Crippen molar-refractivity contribution >= 4 is 11.6 Å². The fraction of sp³-hybridized carbons (Fsp3) is 0.222. The SMILES string of the molecule is Cc1ccn2nc(CC(=O)O)nc2c1. The van der Waals surface area contributed by atoms with E-state index in [2.05, 4.69) is 10.1 Å². The summed E-state index contributed by atoms with van der Waals surface area (Å²) in [5.41, 5.74) is 1.76. The molecule has 0 aliphatic carbocycles. The van der Waals surface area contributed by atoms with Gasteiger partial charge in [-0.1, -0.05) is 0 Å². The van der Waals surface area contributed by atoms with Crippen molar-refractivity contribution in [2.45, 2.75) is 13.3 Å². The molecule has 0 radical (unpaired) electrons. The first-order chi connectivity index (χ1) is 6.65. The number of rotatable bonds is 2. The second-order valence-electron chi connectivity index (χ2n) is 3.11. The number of fused-ring (bicyclic) bond motifs is 1. The van der Waals surface area contributed by atoms with Crippen LogP contribution >= 0.6 is 0 Å². The van der Waals surface area contributed by atoms with E-state index in [0.29, 0.717) is 11.5 Å². The highest BCUT2D eigenvalue weighted by Crippen LogP contribution is 2.04. The summed E-state index contributed by atoms with van der Waals surface area (Å²) in [5, 5.41) is 12.6. The molecule has 72 valence electrons. The monoisotopic (exact) mass is 191 g/mol. The second-order valence-corrected chi connectivity index (χ2v) is 3.11. The number of aliphatic carboxylic acids is 1. The Bertz CT molecular complexity index is 490. The zero-order valence-electron chi connectivity index (χ0n) is 7.64. The predicted molar refractivity (Wildman–Crippen MR) is 49.1 cm³/mol. The molecule has 0 aliphatic rings. The van der Waals surface area contributed by atoms with Crippen LogP contribution in [-0.4, -0.2) is 25.7 Å². The van der Waals surface area contributed by atoms with Gasteiger partial charge >= 0.3 is 5.97 Å². The Balaban J connectivity index is 2.46. The molecule has 2 rings (SSSR count). The van der Waals surface area contributed by atoms with E-state index in [4.69, 9.17) is 5.11 Å². The Morgan fingerprint density at radius 2 is 2.43 bits per heavy atom. The van der Waals surface area contributed by atoms with Crippen molar-refractivity contribution in [3.05, 3.63) is 29.7 Å². The third-order valence-electron chi connectivity index (χ3n) is 1.85. The summed E-state index contributed by atoms with van der Waals surface area (Å²) < 4.78 is 1.57. The lowest BCUT2D eigenvalue weighted by Gasteiger charge is -1.90. The third kappa shape index (κ3) is 1.56. The first kappa shape index (κ1) is 8.68. The van der Waals surface area contributed by atoms with Gasteiger partial charge in [0.05, 0.1) is 0 Å². The molecule has 2 heterocycles. The van der Waals surface area contributed by atoms with E-state index in [0.717, 1.165) is 5.56 Å². The number of carboxylic acids is 1. The van der Waals surface area contributed by atoms with Gasteiger partial charge in [0.15, 0.2) is 11.5 Å². The summed E-state index contributed by atoms with van der Waals surface area (Å²) >= 11 is 0. The van der Waals surface area contributed by atoms with Crippen LogP contribution in [0.15, 0.2) is 18.3 Å². The number of carboxylic acid groups (broad SMARTS) is 1. The van der Waals surface area contributed by atoms with Gasteiger partial charge in [0.2, 0.25) is 0 Å². The normalized spacial score (nSPS) is 10.6. The zero-order chi connectivity index (χ0) is 10.1. The Labute approximate surface area is 80.0 Å².